The number of furan rings is 1. The molecule has 96 valence electrons. The molecule has 0 aliphatic heterocycles. The van der Waals surface area contributed by atoms with Crippen molar-refractivity contribution in [3.63, 3.8) is 0 Å². The lowest BCUT2D eigenvalue weighted by molar-refractivity contribution is 0.0689. The third-order valence-corrected chi connectivity index (χ3v) is 2.89. The predicted molar refractivity (Wildman–Crippen MR) is 67.0 cm³/mol. The lowest BCUT2D eigenvalue weighted by Crippen LogP contribution is -1.99. The average Bonchev–Trinajstić information content (AvgIpc) is 2.93. The predicted octanol–water partition coefficient (Wildman–Crippen LogP) is 2.24. The van der Waals surface area contributed by atoms with Gasteiger partial charge in [0.1, 0.15) is 17.0 Å². The Bertz CT molecular complexity index is 785. The first-order chi connectivity index (χ1) is 9.06. The molecule has 0 aliphatic rings. The molecular weight excluding hydrogens is 248 g/mol. The van der Waals surface area contributed by atoms with Crippen molar-refractivity contribution in [2.45, 2.75) is 0 Å². The third-order valence-electron chi connectivity index (χ3n) is 2.89. The highest BCUT2D eigenvalue weighted by molar-refractivity contribution is 5.89. The molecule has 0 bridgehead atoms. The Kier molecular flexibility index (Phi) is 2.31. The maximum atomic E-state index is 10.9. The normalized spacial score (nSPS) is 11.0. The van der Waals surface area contributed by atoms with Gasteiger partial charge in [-0.15, -0.1) is 0 Å². The van der Waals surface area contributed by atoms with Crippen LogP contribution in [0.1, 0.15) is 10.5 Å². The van der Waals surface area contributed by atoms with Crippen molar-refractivity contribution in [2.75, 3.05) is 0 Å². The van der Waals surface area contributed by atoms with E-state index in [4.69, 9.17) is 9.52 Å². The monoisotopic (exact) mass is 258 g/mol. The summed E-state index contributed by atoms with van der Waals surface area (Å²) in [5.74, 6) is -0.520. The maximum absolute atomic E-state index is 10.9. The molecule has 2 aromatic heterocycles. The second-order valence-electron chi connectivity index (χ2n) is 4.14. The summed E-state index contributed by atoms with van der Waals surface area (Å²) in [5.41, 5.74) is 1.02. The Morgan fingerprint density at radius 1 is 1.37 bits per heavy atom. The van der Waals surface area contributed by atoms with Gasteiger partial charge in [0.15, 0.2) is 11.5 Å². The molecule has 1 aromatic carbocycles. The minimum absolute atomic E-state index is 0.0535. The van der Waals surface area contributed by atoms with E-state index in [9.17, 15) is 9.90 Å². The molecule has 0 spiro atoms. The fourth-order valence-electron chi connectivity index (χ4n) is 1.97. The summed E-state index contributed by atoms with van der Waals surface area (Å²) in [4.78, 5) is 10.9. The van der Waals surface area contributed by atoms with Crippen LogP contribution >= 0.6 is 0 Å². The van der Waals surface area contributed by atoms with Crippen molar-refractivity contribution >= 4 is 16.9 Å². The number of aromatic nitrogens is 2. The summed E-state index contributed by atoms with van der Waals surface area (Å²) in [7, 11) is 1.63. The number of nitrogens with zero attached hydrogens (tertiary/aromatic N) is 2. The van der Waals surface area contributed by atoms with E-state index in [0.29, 0.717) is 22.4 Å². The number of hydrogen-bond donors (Lipinski definition) is 2. The number of rotatable bonds is 2. The number of fused-ring (bicyclic) bond motifs is 1. The highest BCUT2D eigenvalue weighted by atomic mass is 16.4. The van der Waals surface area contributed by atoms with E-state index >= 15 is 0 Å². The number of aromatic carboxylic acids is 1. The number of phenols is 1. The molecule has 0 aliphatic carbocycles. The number of aryl methyl sites for hydroxylation is 1. The smallest absolute Gasteiger partial charge is 0.356 e. The molecule has 0 atom stereocenters. The highest BCUT2D eigenvalue weighted by Crippen LogP contribution is 2.32. The van der Waals surface area contributed by atoms with Gasteiger partial charge in [0.25, 0.3) is 0 Å². The van der Waals surface area contributed by atoms with Gasteiger partial charge in [0, 0.05) is 13.1 Å². The van der Waals surface area contributed by atoms with E-state index in [1.807, 2.05) is 0 Å². The van der Waals surface area contributed by atoms with E-state index in [1.165, 1.54) is 10.7 Å². The van der Waals surface area contributed by atoms with E-state index in [0.717, 1.165) is 0 Å². The molecule has 2 heterocycles. The van der Waals surface area contributed by atoms with Crippen LogP contribution in [0.15, 0.2) is 34.7 Å². The summed E-state index contributed by atoms with van der Waals surface area (Å²) in [6.45, 7) is 0. The van der Waals surface area contributed by atoms with Gasteiger partial charge in [-0.05, 0) is 18.2 Å². The Balaban J connectivity index is 2.19. The maximum Gasteiger partial charge on any atom is 0.356 e. The van der Waals surface area contributed by atoms with Crippen molar-refractivity contribution in [1.82, 2.24) is 9.78 Å². The zero-order valence-corrected chi connectivity index (χ0v) is 9.99. The van der Waals surface area contributed by atoms with Crippen LogP contribution in [0.4, 0.5) is 0 Å². The first kappa shape index (κ1) is 11.3. The number of phenolic OH excluding ortho intramolecular Hbond substituents is 1. The van der Waals surface area contributed by atoms with Crippen molar-refractivity contribution in [2.24, 2.45) is 7.05 Å². The highest BCUT2D eigenvalue weighted by Gasteiger charge is 2.16. The van der Waals surface area contributed by atoms with Crippen LogP contribution in [0.5, 0.6) is 5.75 Å². The Labute approximate surface area is 107 Å². The molecule has 19 heavy (non-hydrogen) atoms. The van der Waals surface area contributed by atoms with Crippen molar-refractivity contribution in [3.8, 4) is 17.2 Å². The molecule has 2 N–H and O–H groups in total. The molecule has 0 radical (unpaired) electrons. The number of carbonyl (C=O) groups is 1. The van der Waals surface area contributed by atoms with Crippen LogP contribution in [0.3, 0.4) is 0 Å². The standard InChI is InChI=1S/C13H10N2O4/c1-15-9(6-8(14-15)13(17)18)12-5-7-10(16)3-2-4-11(7)19-12/h2-6,16H,1H3,(H,17,18). The second-order valence-corrected chi connectivity index (χ2v) is 4.14. The van der Waals surface area contributed by atoms with E-state index in [2.05, 4.69) is 5.10 Å². The van der Waals surface area contributed by atoms with Crippen LogP contribution in [0, 0.1) is 0 Å². The Morgan fingerprint density at radius 3 is 2.79 bits per heavy atom. The third kappa shape index (κ3) is 1.74. The van der Waals surface area contributed by atoms with Gasteiger partial charge in [0.05, 0.1) is 5.39 Å². The zero-order chi connectivity index (χ0) is 13.6. The van der Waals surface area contributed by atoms with Gasteiger partial charge in [0.2, 0.25) is 0 Å². The summed E-state index contributed by atoms with van der Waals surface area (Å²) in [6.07, 6.45) is 0. The molecule has 0 saturated heterocycles. The van der Waals surface area contributed by atoms with Crippen LogP contribution in [-0.4, -0.2) is 26.0 Å². The molecule has 3 rings (SSSR count). The van der Waals surface area contributed by atoms with Crippen LogP contribution < -0.4 is 0 Å². The van der Waals surface area contributed by atoms with Gasteiger partial charge in [-0.3, -0.25) is 4.68 Å². The average molecular weight is 258 g/mol. The first-order valence-corrected chi connectivity index (χ1v) is 5.55. The molecular formula is C13H10N2O4. The van der Waals surface area contributed by atoms with Gasteiger partial charge in [-0.1, -0.05) is 6.07 Å². The van der Waals surface area contributed by atoms with Gasteiger partial charge >= 0.3 is 5.97 Å². The number of carboxylic acid groups (broad SMARTS) is 1. The molecule has 0 saturated carbocycles. The van der Waals surface area contributed by atoms with Crippen molar-refractivity contribution < 1.29 is 19.4 Å². The second kappa shape index (κ2) is 3.88. The molecule has 0 unspecified atom stereocenters. The summed E-state index contributed by atoms with van der Waals surface area (Å²) >= 11 is 0. The number of aromatic hydroxyl groups is 1. The molecule has 6 nitrogen and oxygen atoms in total. The minimum atomic E-state index is -1.10. The van der Waals surface area contributed by atoms with Gasteiger partial charge in [-0.2, -0.15) is 5.10 Å². The zero-order valence-electron chi connectivity index (χ0n) is 9.99. The van der Waals surface area contributed by atoms with Gasteiger partial charge in [-0.25, -0.2) is 4.79 Å². The Hall–Kier alpha value is -2.76. The minimum Gasteiger partial charge on any atom is -0.507 e. The number of carboxylic acids is 1. The molecule has 6 heteroatoms. The van der Waals surface area contributed by atoms with Gasteiger partial charge < -0.3 is 14.6 Å². The molecule has 3 aromatic rings. The lowest BCUT2D eigenvalue weighted by Gasteiger charge is -1.95. The topological polar surface area (TPSA) is 88.5 Å². The summed E-state index contributed by atoms with van der Waals surface area (Å²) in [6, 6.07) is 8.06. The number of hydrogen-bond acceptors (Lipinski definition) is 4. The molecule has 0 fully saturated rings. The SMILES string of the molecule is Cn1nc(C(=O)O)cc1-c1cc2c(O)cccc2o1. The Morgan fingerprint density at radius 2 is 2.16 bits per heavy atom. The quantitative estimate of drug-likeness (QED) is 0.735. The van der Waals surface area contributed by atoms with Crippen LogP contribution in [0.25, 0.3) is 22.4 Å². The van der Waals surface area contributed by atoms with E-state index < -0.39 is 5.97 Å². The first-order valence-electron chi connectivity index (χ1n) is 5.55. The summed E-state index contributed by atoms with van der Waals surface area (Å²) < 4.78 is 7.02. The largest absolute Gasteiger partial charge is 0.507 e. The summed E-state index contributed by atoms with van der Waals surface area (Å²) in [5, 5.41) is 23.1. The van der Waals surface area contributed by atoms with Crippen molar-refractivity contribution in [1.29, 1.82) is 0 Å². The van der Waals surface area contributed by atoms with Crippen LogP contribution in [0.2, 0.25) is 0 Å². The van der Waals surface area contributed by atoms with E-state index in [-0.39, 0.29) is 11.4 Å². The van der Waals surface area contributed by atoms with Crippen LogP contribution in [-0.2, 0) is 7.05 Å². The van der Waals surface area contributed by atoms with Crippen molar-refractivity contribution in [3.05, 3.63) is 36.0 Å². The fourth-order valence-corrected chi connectivity index (χ4v) is 1.97. The molecule has 0 amide bonds. The fraction of sp³-hybridized carbons (Fsp3) is 0.0769. The lowest BCUT2D eigenvalue weighted by atomic mass is 10.2. The van der Waals surface area contributed by atoms with E-state index in [1.54, 1.807) is 31.3 Å². The number of benzene rings is 1.